The summed E-state index contributed by atoms with van der Waals surface area (Å²) in [6.07, 6.45) is 8.42. The van der Waals surface area contributed by atoms with Gasteiger partial charge in [0.25, 0.3) is 0 Å². The first-order chi connectivity index (χ1) is 17.7. The van der Waals surface area contributed by atoms with Gasteiger partial charge in [0.2, 0.25) is 11.8 Å². The van der Waals surface area contributed by atoms with Gasteiger partial charge in [-0.15, -0.1) is 0 Å². The molecule has 2 aliphatic rings. The number of carbonyl (C=O) groups is 4. The molecule has 4 rings (SSSR count). The number of aldehydes is 2. The van der Waals surface area contributed by atoms with Gasteiger partial charge in [0.05, 0.1) is 5.56 Å². The molecule has 0 bridgehead atoms. The first-order valence-electron chi connectivity index (χ1n) is 12.1. The molecule has 2 aromatic rings. The van der Waals surface area contributed by atoms with Crippen LogP contribution in [0.5, 0.6) is 0 Å². The average Bonchev–Trinajstić information content (AvgIpc) is 2.90. The molecule has 4 N–H and O–H groups in total. The first kappa shape index (κ1) is 30.3. The molecule has 2 amide bonds. The van der Waals surface area contributed by atoms with Crippen LogP contribution in [-0.4, -0.2) is 37.5 Å². The van der Waals surface area contributed by atoms with Crippen molar-refractivity contribution in [3.8, 4) is 0 Å². The molecule has 7 nitrogen and oxygen atoms in total. The fourth-order valence-corrected chi connectivity index (χ4v) is 4.60. The molecule has 1 heterocycles. The SMILES string of the molecule is NC(=O)C1CCCCC1.NC(=O)C1CCN(c2cc(Cl)ccc2C=O)CC1.O=Cc1ccc(Cl)cc1F. The number of benzene rings is 2. The van der Waals surface area contributed by atoms with E-state index in [1.165, 1.54) is 31.4 Å². The van der Waals surface area contributed by atoms with Crippen LogP contribution in [0.1, 0.15) is 65.7 Å². The third-order valence-electron chi connectivity index (χ3n) is 6.45. The normalized spacial score (nSPS) is 15.9. The summed E-state index contributed by atoms with van der Waals surface area (Å²) in [6, 6.07) is 9.11. The number of rotatable bonds is 5. The Balaban J connectivity index is 0.000000214. The number of nitrogens with two attached hydrogens (primary N) is 2. The monoisotopic (exact) mass is 551 g/mol. The maximum atomic E-state index is 12.5. The van der Waals surface area contributed by atoms with Gasteiger partial charge in [-0.2, -0.15) is 0 Å². The standard InChI is InChI=1S/C13H15ClN2O2.C7H4ClFO.C7H13NO/c14-11-2-1-10(8-17)12(7-11)16-5-3-9(4-6-16)13(15)18;8-6-2-1-5(4-10)7(9)3-6;8-7(9)6-4-2-1-3-5-6/h1-2,7-9H,3-6H2,(H2,15,18);1-4H;6H,1-5H2,(H2,8,9). The van der Waals surface area contributed by atoms with Crippen molar-refractivity contribution in [2.24, 2.45) is 23.3 Å². The van der Waals surface area contributed by atoms with Crippen LogP contribution in [0.2, 0.25) is 10.0 Å². The lowest BCUT2D eigenvalue weighted by molar-refractivity contribution is -0.123. The highest BCUT2D eigenvalue weighted by molar-refractivity contribution is 6.31. The minimum Gasteiger partial charge on any atom is -0.371 e. The summed E-state index contributed by atoms with van der Waals surface area (Å²) >= 11 is 11.4. The molecule has 10 heteroatoms. The van der Waals surface area contributed by atoms with Gasteiger partial charge in [-0.25, -0.2) is 4.39 Å². The number of piperidine rings is 1. The summed E-state index contributed by atoms with van der Waals surface area (Å²) in [5.41, 5.74) is 11.9. The molecule has 200 valence electrons. The summed E-state index contributed by atoms with van der Waals surface area (Å²) < 4.78 is 12.5. The molecule has 0 atom stereocenters. The minimum absolute atomic E-state index is 0.0319. The van der Waals surface area contributed by atoms with Crippen LogP contribution < -0.4 is 16.4 Å². The fraction of sp³-hybridized carbons (Fsp3) is 0.407. The predicted molar refractivity (Wildman–Crippen MR) is 144 cm³/mol. The number of hydrogen-bond donors (Lipinski definition) is 2. The molecule has 1 saturated carbocycles. The van der Waals surface area contributed by atoms with Crippen LogP contribution >= 0.6 is 23.2 Å². The van der Waals surface area contributed by atoms with Crippen LogP contribution in [0.3, 0.4) is 0 Å². The topological polar surface area (TPSA) is 124 Å². The van der Waals surface area contributed by atoms with E-state index in [1.54, 1.807) is 18.2 Å². The summed E-state index contributed by atoms with van der Waals surface area (Å²) in [7, 11) is 0. The first-order valence-corrected chi connectivity index (χ1v) is 12.9. The second-order valence-electron chi connectivity index (χ2n) is 9.01. The van der Waals surface area contributed by atoms with Gasteiger partial charge in [0.1, 0.15) is 5.82 Å². The number of hydrogen-bond acceptors (Lipinski definition) is 5. The Morgan fingerprint density at radius 3 is 1.73 bits per heavy atom. The third kappa shape index (κ3) is 9.78. The number of primary amides is 2. The van der Waals surface area contributed by atoms with Gasteiger partial charge >= 0.3 is 0 Å². The molecular weight excluding hydrogens is 520 g/mol. The maximum absolute atomic E-state index is 12.5. The van der Waals surface area contributed by atoms with Crippen molar-refractivity contribution in [1.82, 2.24) is 0 Å². The summed E-state index contributed by atoms with van der Waals surface area (Å²) in [6.45, 7) is 1.43. The lowest BCUT2D eigenvalue weighted by atomic mass is 9.89. The fourth-order valence-electron chi connectivity index (χ4n) is 4.28. The molecule has 37 heavy (non-hydrogen) atoms. The van der Waals surface area contributed by atoms with Gasteiger partial charge in [0.15, 0.2) is 12.6 Å². The predicted octanol–water partition coefficient (Wildman–Crippen LogP) is 5.20. The van der Waals surface area contributed by atoms with Crippen molar-refractivity contribution in [2.75, 3.05) is 18.0 Å². The van der Waals surface area contributed by atoms with E-state index in [0.717, 1.165) is 56.8 Å². The van der Waals surface area contributed by atoms with Crippen LogP contribution in [0, 0.1) is 17.7 Å². The van der Waals surface area contributed by atoms with E-state index in [0.29, 0.717) is 21.9 Å². The largest absolute Gasteiger partial charge is 0.371 e. The summed E-state index contributed by atoms with van der Waals surface area (Å²) in [4.78, 5) is 44.8. The van der Waals surface area contributed by atoms with Crippen LogP contribution in [0.25, 0.3) is 0 Å². The van der Waals surface area contributed by atoms with Gasteiger partial charge in [-0.1, -0.05) is 42.5 Å². The van der Waals surface area contributed by atoms with Gasteiger partial charge < -0.3 is 16.4 Å². The lowest BCUT2D eigenvalue weighted by Crippen LogP contribution is -2.38. The van der Waals surface area contributed by atoms with E-state index in [-0.39, 0.29) is 29.2 Å². The van der Waals surface area contributed by atoms with Crippen molar-refractivity contribution in [1.29, 1.82) is 0 Å². The molecule has 0 unspecified atom stereocenters. The molecule has 1 saturated heterocycles. The van der Waals surface area contributed by atoms with Crippen molar-refractivity contribution in [3.05, 3.63) is 63.4 Å². The Morgan fingerprint density at radius 2 is 1.27 bits per heavy atom. The third-order valence-corrected chi connectivity index (χ3v) is 6.92. The highest BCUT2D eigenvalue weighted by Gasteiger charge is 2.24. The van der Waals surface area contributed by atoms with E-state index in [4.69, 9.17) is 34.7 Å². The second kappa shape index (κ2) is 15.3. The zero-order chi connectivity index (χ0) is 27.4. The van der Waals surface area contributed by atoms with Crippen molar-refractivity contribution in [3.63, 3.8) is 0 Å². The smallest absolute Gasteiger partial charge is 0.220 e. The zero-order valence-electron chi connectivity index (χ0n) is 20.5. The Bertz CT molecular complexity index is 1090. The molecule has 0 radical (unpaired) electrons. The average molecular weight is 552 g/mol. The number of amides is 2. The Morgan fingerprint density at radius 1 is 0.784 bits per heavy atom. The summed E-state index contributed by atoms with van der Waals surface area (Å²) in [5, 5.41) is 0.899. The van der Waals surface area contributed by atoms with Gasteiger partial charge in [-0.3, -0.25) is 19.2 Å². The number of halogens is 3. The van der Waals surface area contributed by atoms with E-state index >= 15 is 0 Å². The Labute approximate surface area is 226 Å². The Kier molecular flexibility index (Phi) is 12.5. The molecular formula is C27H32Cl2FN3O4. The van der Waals surface area contributed by atoms with Gasteiger partial charge in [-0.05, 0) is 62.1 Å². The quantitative estimate of drug-likeness (QED) is 0.494. The van der Waals surface area contributed by atoms with Crippen LogP contribution in [0.15, 0.2) is 36.4 Å². The van der Waals surface area contributed by atoms with Crippen molar-refractivity contribution < 1.29 is 23.6 Å². The molecule has 0 aromatic heterocycles. The molecule has 0 spiro atoms. The highest BCUT2D eigenvalue weighted by Crippen LogP contribution is 2.28. The maximum Gasteiger partial charge on any atom is 0.220 e. The summed E-state index contributed by atoms with van der Waals surface area (Å²) in [5.74, 6) is -0.785. The van der Waals surface area contributed by atoms with E-state index in [1.807, 2.05) is 0 Å². The van der Waals surface area contributed by atoms with E-state index in [9.17, 15) is 23.6 Å². The van der Waals surface area contributed by atoms with Gasteiger partial charge in [0, 0.05) is 46.2 Å². The molecule has 1 aliphatic heterocycles. The van der Waals surface area contributed by atoms with Crippen LogP contribution in [-0.2, 0) is 9.59 Å². The number of carbonyl (C=O) groups excluding carboxylic acids is 4. The van der Waals surface area contributed by atoms with Crippen molar-refractivity contribution in [2.45, 2.75) is 44.9 Å². The zero-order valence-corrected chi connectivity index (χ0v) is 22.0. The Hall–Kier alpha value is -2.97. The highest BCUT2D eigenvalue weighted by atomic mass is 35.5. The second-order valence-corrected chi connectivity index (χ2v) is 9.88. The minimum atomic E-state index is -0.581. The lowest BCUT2D eigenvalue weighted by Gasteiger charge is -2.33. The van der Waals surface area contributed by atoms with E-state index in [2.05, 4.69) is 4.90 Å². The number of anilines is 1. The van der Waals surface area contributed by atoms with Crippen LogP contribution in [0.4, 0.5) is 10.1 Å². The molecule has 2 fully saturated rings. The number of nitrogens with zero attached hydrogens (tertiary/aromatic N) is 1. The van der Waals surface area contributed by atoms with E-state index < -0.39 is 5.82 Å². The molecule has 2 aromatic carbocycles. The molecule has 1 aliphatic carbocycles. The van der Waals surface area contributed by atoms with Crippen molar-refractivity contribution >= 4 is 53.3 Å².